The third-order valence-corrected chi connectivity index (χ3v) is 4.44. The van der Waals surface area contributed by atoms with Crippen molar-refractivity contribution >= 4 is 11.8 Å². The molecular formula is C13H21N3O3. The zero-order valence-corrected chi connectivity index (χ0v) is 11.3. The SMILES string of the molecule is CC1C(=O)NCC(=O)N1CC1CN2CCCC2CO1. The topological polar surface area (TPSA) is 61.9 Å². The molecule has 0 radical (unpaired) electrons. The average molecular weight is 267 g/mol. The lowest BCUT2D eigenvalue weighted by molar-refractivity contribution is -0.148. The van der Waals surface area contributed by atoms with Crippen molar-refractivity contribution in [3.63, 3.8) is 0 Å². The van der Waals surface area contributed by atoms with Crippen LogP contribution in [0.4, 0.5) is 0 Å². The minimum atomic E-state index is -0.388. The number of carbonyl (C=O) groups is 2. The number of nitrogens with zero attached hydrogens (tertiary/aromatic N) is 2. The molecule has 3 aliphatic rings. The molecule has 3 fully saturated rings. The van der Waals surface area contributed by atoms with Crippen LogP contribution in [0.1, 0.15) is 19.8 Å². The molecule has 3 unspecified atom stereocenters. The first kappa shape index (κ1) is 12.9. The Bertz CT molecular complexity index is 387. The van der Waals surface area contributed by atoms with E-state index in [1.807, 2.05) is 0 Å². The summed E-state index contributed by atoms with van der Waals surface area (Å²) in [7, 11) is 0. The number of ether oxygens (including phenoxy) is 1. The monoisotopic (exact) mass is 267 g/mol. The highest BCUT2D eigenvalue weighted by molar-refractivity contribution is 5.94. The largest absolute Gasteiger partial charge is 0.373 e. The van der Waals surface area contributed by atoms with Crippen molar-refractivity contribution in [2.24, 2.45) is 0 Å². The van der Waals surface area contributed by atoms with Crippen LogP contribution in [0.5, 0.6) is 0 Å². The molecule has 3 aliphatic heterocycles. The standard InChI is InChI=1S/C13H21N3O3/c1-9-13(18)14-5-12(17)16(9)7-11-6-15-4-2-3-10(15)8-19-11/h9-11H,2-8H2,1H3,(H,14,18). The van der Waals surface area contributed by atoms with Gasteiger partial charge in [-0.15, -0.1) is 0 Å². The summed E-state index contributed by atoms with van der Waals surface area (Å²) in [4.78, 5) is 27.6. The molecule has 0 aliphatic carbocycles. The minimum Gasteiger partial charge on any atom is -0.373 e. The third-order valence-electron chi connectivity index (χ3n) is 4.44. The maximum absolute atomic E-state index is 11.9. The lowest BCUT2D eigenvalue weighted by atomic mass is 10.1. The zero-order valence-electron chi connectivity index (χ0n) is 11.3. The van der Waals surface area contributed by atoms with Gasteiger partial charge in [0.05, 0.1) is 19.3 Å². The van der Waals surface area contributed by atoms with Crippen LogP contribution in [0.3, 0.4) is 0 Å². The van der Waals surface area contributed by atoms with E-state index in [2.05, 4.69) is 10.2 Å². The maximum atomic E-state index is 11.9. The van der Waals surface area contributed by atoms with Gasteiger partial charge in [0.2, 0.25) is 11.8 Å². The number of amides is 2. The Labute approximate surface area is 113 Å². The zero-order chi connectivity index (χ0) is 13.4. The van der Waals surface area contributed by atoms with Gasteiger partial charge in [0.15, 0.2) is 0 Å². The first-order valence-electron chi connectivity index (χ1n) is 7.08. The van der Waals surface area contributed by atoms with Crippen LogP contribution in [0, 0.1) is 0 Å². The second kappa shape index (κ2) is 5.09. The number of carbonyl (C=O) groups excluding carboxylic acids is 2. The van der Waals surface area contributed by atoms with E-state index >= 15 is 0 Å². The van der Waals surface area contributed by atoms with Crippen molar-refractivity contribution in [2.75, 3.05) is 32.8 Å². The van der Waals surface area contributed by atoms with Crippen molar-refractivity contribution < 1.29 is 14.3 Å². The predicted molar refractivity (Wildman–Crippen MR) is 68.5 cm³/mol. The number of morpholine rings is 1. The molecule has 3 saturated heterocycles. The molecule has 3 atom stereocenters. The van der Waals surface area contributed by atoms with Crippen molar-refractivity contribution in [3.8, 4) is 0 Å². The molecule has 0 aromatic heterocycles. The summed E-state index contributed by atoms with van der Waals surface area (Å²) in [6.45, 7) is 5.18. The predicted octanol–water partition coefficient (Wildman–Crippen LogP) is -0.803. The van der Waals surface area contributed by atoms with Gasteiger partial charge in [-0.25, -0.2) is 0 Å². The number of piperazine rings is 1. The van der Waals surface area contributed by atoms with E-state index in [-0.39, 0.29) is 30.5 Å². The van der Waals surface area contributed by atoms with Crippen LogP contribution < -0.4 is 5.32 Å². The van der Waals surface area contributed by atoms with Crippen LogP contribution >= 0.6 is 0 Å². The Kier molecular flexibility index (Phi) is 3.45. The number of hydrogen-bond donors (Lipinski definition) is 1. The average Bonchev–Trinajstić information content (AvgIpc) is 2.86. The summed E-state index contributed by atoms with van der Waals surface area (Å²) in [6, 6.07) is 0.176. The van der Waals surface area contributed by atoms with Gasteiger partial charge in [-0.3, -0.25) is 14.5 Å². The van der Waals surface area contributed by atoms with Gasteiger partial charge < -0.3 is 15.0 Å². The Morgan fingerprint density at radius 3 is 3.11 bits per heavy atom. The van der Waals surface area contributed by atoms with Crippen LogP contribution in [0.2, 0.25) is 0 Å². The summed E-state index contributed by atoms with van der Waals surface area (Å²) in [5.74, 6) is -0.0892. The first-order chi connectivity index (χ1) is 9.15. The molecule has 106 valence electrons. The Hall–Kier alpha value is -1.14. The quantitative estimate of drug-likeness (QED) is 0.711. The molecule has 6 nitrogen and oxygen atoms in total. The number of fused-ring (bicyclic) bond motifs is 1. The molecular weight excluding hydrogens is 246 g/mol. The van der Waals surface area contributed by atoms with E-state index in [0.29, 0.717) is 12.6 Å². The van der Waals surface area contributed by atoms with Gasteiger partial charge in [0.25, 0.3) is 0 Å². The van der Waals surface area contributed by atoms with E-state index in [0.717, 1.165) is 19.7 Å². The molecule has 2 amide bonds. The number of nitrogens with one attached hydrogen (secondary N) is 1. The minimum absolute atomic E-state index is 0.0146. The third kappa shape index (κ3) is 2.47. The second-order valence-corrected chi connectivity index (χ2v) is 5.69. The smallest absolute Gasteiger partial charge is 0.242 e. The molecule has 0 spiro atoms. The van der Waals surface area contributed by atoms with E-state index < -0.39 is 0 Å². The lowest BCUT2D eigenvalue weighted by Gasteiger charge is -2.40. The highest BCUT2D eigenvalue weighted by Gasteiger charge is 2.37. The molecule has 3 heterocycles. The van der Waals surface area contributed by atoms with Crippen LogP contribution in [0.25, 0.3) is 0 Å². The van der Waals surface area contributed by atoms with Crippen LogP contribution in [-0.2, 0) is 14.3 Å². The molecule has 1 N–H and O–H groups in total. The molecule has 0 aromatic rings. The fourth-order valence-corrected chi connectivity index (χ4v) is 3.24. The fourth-order valence-electron chi connectivity index (χ4n) is 3.24. The van der Waals surface area contributed by atoms with E-state index in [1.54, 1.807) is 11.8 Å². The van der Waals surface area contributed by atoms with Gasteiger partial charge in [-0.05, 0) is 26.3 Å². The van der Waals surface area contributed by atoms with E-state index in [1.165, 1.54) is 12.8 Å². The van der Waals surface area contributed by atoms with E-state index in [9.17, 15) is 9.59 Å². The fraction of sp³-hybridized carbons (Fsp3) is 0.846. The van der Waals surface area contributed by atoms with Gasteiger partial charge in [0.1, 0.15) is 6.04 Å². The summed E-state index contributed by atoms with van der Waals surface area (Å²) in [6.07, 6.45) is 2.49. The van der Waals surface area contributed by atoms with Crippen LogP contribution in [-0.4, -0.2) is 72.6 Å². The van der Waals surface area contributed by atoms with Crippen molar-refractivity contribution in [2.45, 2.75) is 38.0 Å². The summed E-state index contributed by atoms with van der Waals surface area (Å²) in [5.41, 5.74) is 0. The molecule has 19 heavy (non-hydrogen) atoms. The number of hydrogen-bond acceptors (Lipinski definition) is 4. The molecule has 3 rings (SSSR count). The highest BCUT2D eigenvalue weighted by Crippen LogP contribution is 2.23. The molecule has 6 heteroatoms. The number of rotatable bonds is 2. The van der Waals surface area contributed by atoms with Crippen LogP contribution in [0.15, 0.2) is 0 Å². The molecule has 0 saturated carbocycles. The summed E-state index contributed by atoms with van der Waals surface area (Å²) >= 11 is 0. The van der Waals surface area contributed by atoms with Crippen molar-refractivity contribution in [3.05, 3.63) is 0 Å². The second-order valence-electron chi connectivity index (χ2n) is 5.69. The first-order valence-corrected chi connectivity index (χ1v) is 7.08. The van der Waals surface area contributed by atoms with E-state index in [4.69, 9.17) is 4.74 Å². The lowest BCUT2D eigenvalue weighted by Crippen LogP contribution is -2.60. The van der Waals surface area contributed by atoms with Gasteiger partial charge in [-0.1, -0.05) is 0 Å². The normalized spacial score (nSPS) is 36.3. The maximum Gasteiger partial charge on any atom is 0.242 e. The van der Waals surface area contributed by atoms with Crippen molar-refractivity contribution in [1.29, 1.82) is 0 Å². The van der Waals surface area contributed by atoms with Crippen molar-refractivity contribution in [1.82, 2.24) is 15.1 Å². The Morgan fingerprint density at radius 1 is 1.42 bits per heavy atom. The highest BCUT2D eigenvalue weighted by atomic mass is 16.5. The Morgan fingerprint density at radius 2 is 2.26 bits per heavy atom. The molecule has 0 bridgehead atoms. The van der Waals surface area contributed by atoms with Gasteiger partial charge in [0, 0.05) is 19.1 Å². The van der Waals surface area contributed by atoms with Gasteiger partial charge >= 0.3 is 0 Å². The summed E-state index contributed by atoms with van der Waals surface area (Å²) in [5, 5.41) is 2.60. The Balaban J connectivity index is 1.61. The van der Waals surface area contributed by atoms with Gasteiger partial charge in [-0.2, -0.15) is 0 Å². The summed E-state index contributed by atoms with van der Waals surface area (Å²) < 4.78 is 5.86. The molecule has 0 aromatic carbocycles.